The molecule has 2 rings (SSSR count). The molecule has 5 N–H and O–H groups in total. The zero-order chi connectivity index (χ0) is 28.0. The van der Waals surface area contributed by atoms with Gasteiger partial charge in [-0.1, -0.05) is 50.3 Å². The molecule has 0 aromatic heterocycles. The zero-order valence-electron chi connectivity index (χ0n) is 20.8. The number of rotatable bonds is 10. The maximum Gasteiger partial charge on any atom is 0.490 e. The average Bonchev–Trinajstić information content (AvgIpc) is 2.85. The Labute approximate surface area is 213 Å². The first-order chi connectivity index (χ1) is 17.3. The lowest BCUT2D eigenvalue weighted by Crippen LogP contribution is -2.47. The van der Waals surface area contributed by atoms with E-state index in [0.717, 1.165) is 6.42 Å². The van der Waals surface area contributed by atoms with Gasteiger partial charge in [-0.25, -0.2) is 4.79 Å². The van der Waals surface area contributed by atoms with Crippen molar-refractivity contribution in [3.8, 4) is 5.75 Å². The third-order valence-electron chi connectivity index (χ3n) is 5.02. The van der Waals surface area contributed by atoms with Crippen LogP contribution in [0, 0.1) is 5.92 Å². The van der Waals surface area contributed by atoms with E-state index >= 15 is 0 Å². The second-order valence-corrected chi connectivity index (χ2v) is 8.29. The summed E-state index contributed by atoms with van der Waals surface area (Å²) in [6.45, 7) is 3.81. The summed E-state index contributed by atoms with van der Waals surface area (Å²) in [6, 6.07) is 16.2. The summed E-state index contributed by atoms with van der Waals surface area (Å²) in [5.74, 6) is -2.50. The van der Waals surface area contributed by atoms with Crippen molar-refractivity contribution in [1.29, 1.82) is 0 Å². The van der Waals surface area contributed by atoms with E-state index in [4.69, 9.17) is 20.4 Å². The maximum atomic E-state index is 12.4. The second kappa shape index (κ2) is 15.3. The number of aryl methyl sites for hydroxylation is 1. The van der Waals surface area contributed by atoms with Crippen molar-refractivity contribution < 1.29 is 37.4 Å². The maximum absolute atomic E-state index is 12.4. The van der Waals surface area contributed by atoms with Gasteiger partial charge in [-0.05, 0) is 48.6 Å². The summed E-state index contributed by atoms with van der Waals surface area (Å²) >= 11 is 0. The lowest BCUT2D eigenvalue weighted by Gasteiger charge is -2.20. The number of ether oxygens (including phenoxy) is 1. The van der Waals surface area contributed by atoms with E-state index in [0.29, 0.717) is 17.9 Å². The summed E-state index contributed by atoms with van der Waals surface area (Å²) < 4.78 is 36.8. The molecular weight excluding hydrogens is 491 g/mol. The molecule has 202 valence electrons. The fourth-order valence-corrected chi connectivity index (χ4v) is 2.83. The molecule has 8 nitrogen and oxygen atoms in total. The highest BCUT2D eigenvalue weighted by molar-refractivity contribution is 5.99. The Morgan fingerprint density at radius 2 is 1.62 bits per heavy atom. The van der Waals surface area contributed by atoms with Crippen LogP contribution in [0.2, 0.25) is 0 Å². The Hall–Kier alpha value is -3.86. The number of halogens is 3. The fraction of sp³-hybridized carbons (Fsp3) is 0.346. The minimum atomic E-state index is -5.08. The van der Waals surface area contributed by atoms with Crippen LogP contribution >= 0.6 is 0 Å². The van der Waals surface area contributed by atoms with Crippen molar-refractivity contribution in [1.82, 2.24) is 5.32 Å². The Balaban J connectivity index is 0.000000856. The molecule has 0 heterocycles. The number of amides is 2. The normalized spacial score (nSPS) is 12.8. The van der Waals surface area contributed by atoms with Crippen molar-refractivity contribution in [2.75, 3.05) is 12.4 Å². The number of carboxylic acids is 1. The van der Waals surface area contributed by atoms with Crippen molar-refractivity contribution in [3.05, 3.63) is 72.3 Å². The number of nitrogens with one attached hydrogen (secondary N) is 2. The van der Waals surface area contributed by atoms with Crippen molar-refractivity contribution in [2.45, 2.75) is 44.9 Å². The van der Waals surface area contributed by atoms with E-state index in [1.165, 1.54) is 11.6 Å². The molecule has 2 amide bonds. The van der Waals surface area contributed by atoms with E-state index in [2.05, 4.69) is 10.6 Å². The van der Waals surface area contributed by atoms with E-state index in [9.17, 15) is 22.8 Å². The van der Waals surface area contributed by atoms with E-state index in [1.54, 1.807) is 37.5 Å². The van der Waals surface area contributed by atoms with Gasteiger partial charge in [0.2, 0.25) is 11.8 Å². The van der Waals surface area contributed by atoms with Gasteiger partial charge in [-0.15, -0.1) is 0 Å². The quantitative estimate of drug-likeness (QED) is 0.349. The van der Waals surface area contributed by atoms with Crippen LogP contribution in [-0.4, -0.2) is 48.3 Å². The van der Waals surface area contributed by atoms with Gasteiger partial charge in [-0.2, -0.15) is 13.2 Å². The molecule has 11 heteroatoms. The van der Waals surface area contributed by atoms with Crippen LogP contribution in [-0.2, 0) is 20.8 Å². The Bertz CT molecular complexity index is 1030. The van der Waals surface area contributed by atoms with E-state index in [1.807, 2.05) is 44.2 Å². The fourth-order valence-electron chi connectivity index (χ4n) is 2.83. The van der Waals surface area contributed by atoms with Crippen molar-refractivity contribution in [3.63, 3.8) is 0 Å². The molecule has 2 atom stereocenters. The standard InChI is InChI=1S/C24H31N3O3.C2HF3O2/c1-17(2)23(25)24(29)27-20(10-9-18-7-5-4-6-8-18)13-16-22(28)26-19-11-14-21(30-3)15-12-19;3-2(4,5)1(6)7/h4-8,11-17,20,23H,9-10,25H2,1-3H3,(H,26,28)(H,27,29);(H,6,7)/t20-,23-;/m0./s1. The first-order valence-electron chi connectivity index (χ1n) is 11.4. The summed E-state index contributed by atoms with van der Waals surface area (Å²) in [7, 11) is 1.59. The molecule has 0 aliphatic rings. The predicted molar refractivity (Wildman–Crippen MR) is 134 cm³/mol. The summed E-state index contributed by atoms with van der Waals surface area (Å²) in [5, 5.41) is 12.9. The van der Waals surface area contributed by atoms with Gasteiger partial charge < -0.3 is 26.2 Å². The summed E-state index contributed by atoms with van der Waals surface area (Å²) in [5.41, 5.74) is 7.80. The molecule has 0 unspecified atom stereocenters. The molecule has 0 radical (unpaired) electrons. The van der Waals surface area contributed by atoms with Gasteiger partial charge in [0.25, 0.3) is 0 Å². The molecule has 0 saturated carbocycles. The van der Waals surface area contributed by atoms with E-state index in [-0.39, 0.29) is 23.8 Å². The predicted octanol–water partition coefficient (Wildman–Crippen LogP) is 3.92. The van der Waals surface area contributed by atoms with Gasteiger partial charge >= 0.3 is 12.1 Å². The highest BCUT2D eigenvalue weighted by atomic mass is 19.4. The number of carbonyl (C=O) groups excluding carboxylic acids is 2. The molecule has 37 heavy (non-hydrogen) atoms. The van der Waals surface area contributed by atoms with Crippen LogP contribution in [0.25, 0.3) is 0 Å². The smallest absolute Gasteiger partial charge is 0.490 e. The van der Waals surface area contributed by atoms with Crippen LogP contribution in [0.1, 0.15) is 25.8 Å². The third-order valence-corrected chi connectivity index (χ3v) is 5.02. The number of hydrogen-bond donors (Lipinski definition) is 4. The Kier molecular flexibility index (Phi) is 12.9. The number of carbonyl (C=O) groups is 3. The number of methoxy groups -OCH3 is 1. The number of carboxylic acid groups (broad SMARTS) is 1. The lowest BCUT2D eigenvalue weighted by molar-refractivity contribution is -0.192. The highest BCUT2D eigenvalue weighted by Crippen LogP contribution is 2.15. The van der Waals surface area contributed by atoms with Crippen molar-refractivity contribution >= 4 is 23.5 Å². The Morgan fingerprint density at radius 3 is 2.11 bits per heavy atom. The van der Waals surface area contributed by atoms with Gasteiger partial charge in [0, 0.05) is 17.8 Å². The van der Waals surface area contributed by atoms with Gasteiger partial charge in [0.15, 0.2) is 0 Å². The molecule has 0 bridgehead atoms. The first-order valence-corrected chi connectivity index (χ1v) is 11.4. The largest absolute Gasteiger partial charge is 0.497 e. The minimum Gasteiger partial charge on any atom is -0.497 e. The zero-order valence-corrected chi connectivity index (χ0v) is 20.8. The number of alkyl halides is 3. The number of aliphatic carboxylic acids is 1. The minimum absolute atomic E-state index is 0.0297. The topological polar surface area (TPSA) is 131 Å². The lowest BCUT2D eigenvalue weighted by atomic mass is 10.0. The van der Waals surface area contributed by atoms with Crippen LogP contribution in [0.5, 0.6) is 5.75 Å². The monoisotopic (exact) mass is 523 g/mol. The Morgan fingerprint density at radius 1 is 1.05 bits per heavy atom. The number of nitrogens with two attached hydrogens (primary N) is 1. The van der Waals surface area contributed by atoms with Crippen molar-refractivity contribution in [2.24, 2.45) is 11.7 Å². The highest BCUT2D eigenvalue weighted by Gasteiger charge is 2.38. The molecule has 2 aromatic carbocycles. The van der Waals surface area contributed by atoms with E-state index < -0.39 is 18.2 Å². The molecule has 0 spiro atoms. The third kappa shape index (κ3) is 12.6. The van der Waals surface area contributed by atoms with Gasteiger partial charge in [-0.3, -0.25) is 9.59 Å². The van der Waals surface area contributed by atoms with Crippen LogP contribution in [0.15, 0.2) is 66.7 Å². The summed E-state index contributed by atoms with van der Waals surface area (Å²) in [6.07, 6.45) is -0.492. The SMILES string of the molecule is COc1ccc(NC(=O)C=C[C@H](CCc2ccccc2)NC(=O)[C@@H](N)C(C)C)cc1.O=C(O)C(F)(F)F. The number of anilines is 1. The average molecular weight is 524 g/mol. The number of hydrogen-bond acceptors (Lipinski definition) is 5. The van der Waals surface area contributed by atoms with Crippen LogP contribution in [0.3, 0.4) is 0 Å². The van der Waals surface area contributed by atoms with Crippen LogP contribution in [0.4, 0.5) is 18.9 Å². The second-order valence-electron chi connectivity index (χ2n) is 8.29. The summed E-state index contributed by atoms with van der Waals surface area (Å²) in [4.78, 5) is 33.6. The molecule has 2 aromatic rings. The molecular formula is C26H32F3N3O5. The molecule has 0 saturated heterocycles. The number of benzene rings is 2. The van der Waals surface area contributed by atoms with Gasteiger partial charge in [0.1, 0.15) is 5.75 Å². The van der Waals surface area contributed by atoms with Gasteiger partial charge in [0.05, 0.1) is 13.2 Å². The molecule has 0 fully saturated rings. The van der Waals surface area contributed by atoms with Crippen LogP contribution < -0.4 is 21.1 Å². The molecule has 0 aliphatic carbocycles. The first kappa shape index (κ1) is 31.2. The molecule has 0 aliphatic heterocycles.